The van der Waals surface area contributed by atoms with Gasteiger partial charge in [0.05, 0.1) is 12.4 Å². The molecule has 3 aromatic rings. The summed E-state index contributed by atoms with van der Waals surface area (Å²) < 4.78 is 14.9. The maximum absolute atomic E-state index is 14.9. The van der Waals surface area contributed by atoms with Crippen LogP contribution in [0.3, 0.4) is 0 Å². The minimum absolute atomic E-state index is 0.0265. The Morgan fingerprint density at radius 1 is 1.09 bits per heavy atom. The van der Waals surface area contributed by atoms with Gasteiger partial charge in [-0.15, -0.1) is 0 Å². The Hall–Kier alpha value is -3.36. The van der Waals surface area contributed by atoms with Crippen LogP contribution in [0.4, 0.5) is 10.3 Å². The molecule has 0 aliphatic carbocycles. The van der Waals surface area contributed by atoms with E-state index in [1.165, 1.54) is 23.3 Å². The van der Waals surface area contributed by atoms with Crippen LogP contribution in [0.15, 0.2) is 36.7 Å². The molecule has 2 aliphatic rings. The highest BCUT2D eigenvalue weighted by Crippen LogP contribution is 2.44. The lowest BCUT2D eigenvalue weighted by Gasteiger charge is -2.39. The van der Waals surface area contributed by atoms with E-state index in [0.717, 1.165) is 49.7 Å². The number of carbonyl (C=O) groups is 1. The van der Waals surface area contributed by atoms with Crippen molar-refractivity contribution in [2.75, 3.05) is 24.5 Å². The molecule has 8 nitrogen and oxygen atoms in total. The van der Waals surface area contributed by atoms with E-state index in [4.69, 9.17) is 0 Å². The van der Waals surface area contributed by atoms with Gasteiger partial charge in [-0.3, -0.25) is 4.79 Å². The number of carbonyl (C=O) groups excluding carboxylic acids is 1. The highest BCUT2D eigenvalue weighted by molar-refractivity contribution is 5.98. The summed E-state index contributed by atoms with van der Waals surface area (Å²) in [6.45, 7) is 8.34. The van der Waals surface area contributed by atoms with Gasteiger partial charge in [0.15, 0.2) is 0 Å². The minimum Gasteiger partial charge on any atom is -0.341 e. The first-order valence-corrected chi connectivity index (χ1v) is 11.4. The molecule has 2 saturated heterocycles. The van der Waals surface area contributed by atoms with Crippen LogP contribution in [0.2, 0.25) is 0 Å². The molecular formula is C24H28FN7O. The van der Waals surface area contributed by atoms with Crippen LogP contribution in [-0.4, -0.2) is 61.4 Å². The minimum atomic E-state index is -0.551. The van der Waals surface area contributed by atoms with Gasteiger partial charge < -0.3 is 9.80 Å². The second kappa shape index (κ2) is 8.20. The molecule has 33 heavy (non-hydrogen) atoms. The number of hydrogen-bond donors (Lipinski definition) is 0. The van der Waals surface area contributed by atoms with Crippen molar-refractivity contribution in [2.45, 2.75) is 46.1 Å². The fourth-order valence-electron chi connectivity index (χ4n) is 5.36. The Morgan fingerprint density at radius 2 is 1.76 bits per heavy atom. The van der Waals surface area contributed by atoms with Gasteiger partial charge in [0.25, 0.3) is 5.91 Å². The van der Waals surface area contributed by atoms with Gasteiger partial charge in [-0.1, -0.05) is 6.07 Å². The van der Waals surface area contributed by atoms with E-state index in [1.54, 1.807) is 12.1 Å². The molecule has 0 saturated carbocycles. The molecule has 1 aromatic carbocycles. The van der Waals surface area contributed by atoms with Crippen LogP contribution in [-0.2, 0) is 0 Å². The first kappa shape index (κ1) is 21.5. The van der Waals surface area contributed by atoms with Gasteiger partial charge >= 0.3 is 0 Å². The molecule has 1 amide bonds. The highest BCUT2D eigenvalue weighted by Gasteiger charge is 2.46. The number of hydrogen-bond acceptors (Lipinski definition) is 6. The second-order valence-corrected chi connectivity index (χ2v) is 9.38. The average molecular weight is 450 g/mol. The lowest BCUT2D eigenvalue weighted by atomic mass is 9.77. The predicted molar refractivity (Wildman–Crippen MR) is 122 cm³/mol. The summed E-state index contributed by atoms with van der Waals surface area (Å²) in [7, 11) is 0. The van der Waals surface area contributed by atoms with E-state index in [9.17, 15) is 9.18 Å². The number of anilines is 1. The molecule has 2 aliphatic heterocycles. The summed E-state index contributed by atoms with van der Waals surface area (Å²) in [5, 5.41) is 8.20. The fraction of sp³-hybridized carbons (Fsp3) is 0.458. The van der Waals surface area contributed by atoms with Crippen molar-refractivity contribution in [2.24, 2.45) is 5.41 Å². The maximum Gasteiger partial charge on any atom is 0.259 e. The molecule has 0 bridgehead atoms. The van der Waals surface area contributed by atoms with Gasteiger partial charge in [-0.25, -0.2) is 14.4 Å². The molecular weight excluding hydrogens is 421 g/mol. The molecule has 0 radical (unpaired) electrons. The quantitative estimate of drug-likeness (QED) is 0.610. The van der Waals surface area contributed by atoms with Crippen LogP contribution >= 0.6 is 0 Å². The Balaban J connectivity index is 1.35. The SMILES string of the molecule is Cc1cc(C)nc(N2CCC3(CC2)CC(C)N(C(=O)c2c(F)cccc2-n2nccn2)C3)n1. The van der Waals surface area contributed by atoms with E-state index in [1.807, 2.05) is 24.8 Å². The topological polar surface area (TPSA) is 80.0 Å². The van der Waals surface area contributed by atoms with E-state index in [-0.39, 0.29) is 22.9 Å². The smallest absolute Gasteiger partial charge is 0.259 e. The van der Waals surface area contributed by atoms with Crippen molar-refractivity contribution in [1.29, 1.82) is 0 Å². The number of aryl methyl sites for hydroxylation is 2. The number of aromatic nitrogens is 5. The Morgan fingerprint density at radius 3 is 2.42 bits per heavy atom. The predicted octanol–water partition coefficient (Wildman–Crippen LogP) is 3.33. The van der Waals surface area contributed by atoms with Crippen molar-refractivity contribution in [3.63, 3.8) is 0 Å². The normalized spacial score (nSPS) is 19.9. The summed E-state index contributed by atoms with van der Waals surface area (Å²) in [6.07, 6.45) is 5.83. The Kier molecular flexibility index (Phi) is 5.34. The summed E-state index contributed by atoms with van der Waals surface area (Å²) >= 11 is 0. The van der Waals surface area contributed by atoms with E-state index in [0.29, 0.717) is 12.2 Å². The lowest BCUT2D eigenvalue weighted by molar-refractivity contribution is 0.0720. The van der Waals surface area contributed by atoms with Crippen LogP contribution in [0.1, 0.15) is 47.9 Å². The van der Waals surface area contributed by atoms with Crippen LogP contribution < -0.4 is 4.90 Å². The molecule has 2 aromatic heterocycles. The third-order valence-corrected chi connectivity index (χ3v) is 6.94. The number of halogens is 1. The van der Waals surface area contributed by atoms with Crippen LogP contribution in [0.5, 0.6) is 0 Å². The number of piperidine rings is 1. The standard InChI is InChI=1S/C24H28FN7O/c1-16-13-17(2)29-23(28-16)30-11-7-24(8-12-30)14-18(3)31(15-24)22(33)21-19(25)5-4-6-20(21)32-26-9-10-27-32/h4-6,9-10,13,18H,7-8,11-12,14-15H2,1-3H3. The zero-order valence-corrected chi connectivity index (χ0v) is 19.2. The van der Waals surface area contributed by atoms with Crippen molar-refractivity contribution in [3.05, 3.63) is 59.4 Å². The van der Waals surface area contributed by atoms with Crippen molar-refractivity contribution < 1.29 is 9.18 Å². The summed E-state index contributed by atoms with van der Waals surface area (Å²) in [5.74, 6) is -0.0707. The average Bonchev–Trinajstić information content (AvgIpc) is 3.41. The van der Waals surface area contributed by atoms with Crippen molar-refractivity contribution >= 4 is 11.9 Å². The molecule has 172 valence electrons. The first-order chi connectivity index (χ1) is 15.8. The molecule has 0 N–H and O–H groups in total. The molecule has 2 fully saturated rings. The van der Waals surface area contributed by atoms with E-state index >= 15 is 0 Å². The van der Waals surface area contributed by atoms with Crippen molar-refractivity contribution in [3.8, 4) is 5.69 Å². The zero-order valence-electron chi connectivity index (χ0n) is 19.2. The first-order valence-electron chi connectivity index (χ1n) is 11.4. The van der Waals surface area contributed by atoms with Crippen molar-refractivity contribution in [1.82, 2.24) is 29.9 Å². The zero-order chi connectivity index (χ0) is 23.2. The molecule has 1 atom stereocenters. The van der Waals surface area contributed by atoms with Gasteiger partial charge in [0.1, 0.15) is 17.1 Å². The lowest BCUT2D eigenvalue weighted by Crippen LogP contribution is -2.43. The Bertz CT molecular complexity index is 1150. The van der Waals surface area contributed by atoms with E-state index < -0.39 is 5.82 Å². The molecule has 1 unspecified atom stereocenters. The monoisotopic (exact) mass is 449 g/mol. The molecule has 5 rings (SSSR count). The maximum atomic E-state index is 14.9. The number of nitrogens with zero attached hydrogens (tertiary/aromatic N) is 7. The molecule has 9 heteroatoms. The van der Waals surface area contributed by atoms with Gasteiger partial charge in [-0.05, 0) is 63.6 Å². The number of amides is 1. The third-order valence-electron chi connectivity index (χ3n) is 6.94. The van der Waals surface area contributed by atoms with Crippen LogP contribution in [0, 0.1) is 25.1 Å². The van der Waals surface area contributed by atoms with Gasteiger partial charge in [0, 0.05) is 37.1 Å². The largest absolute Gasteiger partial charge is 0.341 e. The number of rotatable bonds is 3. The van der Waals surface area contributed by atoms with Gasteiger partial charge in [0.2, 0.25) is 5.95 Å². The second-order valence-electron chi connectivity index (χ2n) is 9.38. The summed E-state index contributed by atoms with van der Waals surface area (Å²) in [6, 6.07) is 6.57. The van der Waals surface area contributed by atoms with E-state index in [2.05, 4.69) is 32.0 Å². The molecule has 1 spiro atoms. The Labute approximate surface area is 192 Å². The fourth-order valence-corrected chi connectivity index (χ4v) is 5.36. The summed E-state index contributed by atoms with van der Waals surface area (Å²) in [5.41, 5.74) is 2.35. The van der Waals surface area contributed by atoms with Crippen LogP contribution in [0.25, 0.3) is 5.69 Å². The molecule has 4 heterocycles. The summed E-state index contributed by atoms with van der Waals surface area (Å²) in [4.78, 5) is 28.1. The highest BCUT2D eigenvalue weighted by atomic mass is 19.1. The van der Waals surface area contributed by atoms with Gasteiger partial charge in [-0.2, -0.15) is 15.0 Å². The number of benzene rings is 1. The third kappa shape index (κ3) is 3.96. The number of likely N-dealkylation sites (tertiary alicyclic amines) is 1.